The van der Waals surface area contributed by atoms with Crippen LogP contribution in [-0.2, 0) is 11.3 Å². The van der Waals surface area contributed by atoms with Crippen molar-refractivity contribution >= 4 is 17.6 Å². The number of unbranched alkanes of at least 4 members (excludes halogenated alkanes) is 1. The molecule has 2 aromatic carbocycles. The highest BCUT2D eigenvalue weighted by Gasteiger charge is 2.23. The maximum atomic E-state index is 14.4. The predicted octanol–water partition coefficient (Wildman–Crippen LogP) is 5.95. The first-order chi connectivity index (χ1) is 15.8. The molecular weight excluding hydrogens is 454 g/mol. The number of rotatable bonds is 10. The molecule has 0 radical (unpaired) electrons. The number of pyridine rings is 1. The van der Waals surface area contributed by atoms with Gasteiger partial charge in [0, 0.05) is 17.6 Å². The fourth-order valence-electron chi connectivity index (χ4n) is 3.12. The van der Waals surface area contributed by atoms with Gasteiger partial charge in [-0.25, -0.2) is 13.6 Å². The lowest BCUT2D eigenvalue weighted by Crippen LogP contribution is -2.27. The van der Waals surface area contributed by atoms with Crippen molar-refractivity contribution in [3.8, 4) is 28.6 Å². The van der Waals surface area contributed by atoms with Gasteiger partial charge in [-0.05, 0) is 53.8 Å². The van der Waals surface area contributed by atoms with Gasteiger partial charge in [-0.15, -0.1) is 0 Å². The van der Waals surface area contributed by atoms with Gasteiger partial charge in [-0.1, -0.05) is 43.1 Å². The first-order valence-corrected chi connectivity index (χ1v) is 10.7. The molecule has 3 aromatic rings. The summed E-state index contributed by atoms with van der Waals surface area (Å²) in [5.74, 6) is -4.56. The Bertz CT molecular complexity index is 1140. The molecule has 3 rings (SSSR count). The molecule has 0 aliphatic rings. The molecule has 0 fully saturated rings. The van der Waals surface area contributed by atoms with Crippen molar-refractivity contribution in [1.82, 2.24) is 4.98 Å². The minimum absolute atomic E-state index is 0.153. The van der Waals surface area contributed by atoms with Crippen molar-refractivity contribution in [2.45, 2.75) is 38.8 Å². The molecule has 0 amide bonds. The van der Waals surface area contributed by atoms with Crippen LogP contribution in [0.1, 0.15) is 31.7 Å². The monoisotopic (exact) mass is 476 g/mol. The van der Waals surface area contributed by atoms with Crippen molar-refractivity contribution in [3.63, 3.8) is 0 Å². The molecule has 0 bridgehead atoms. The van der Waals surface area contributed by atoms with Crippen LogP contribution >= 0.6 is 11.6 Å². The Balaban J connectivity index is 1.90. The van der Waals surface area contributed by atoms with Crippen LogP contribution in [0.2, 0.25) is 5.02 Å². The van der Waals surface area contributed by atoms with Crippen LogP contribution in [0.4, 0.5) is 8.78 Å². The third kappa shape index (κ3) is 6.40. The highest BCUT2D eigenvalue weighted by atomic mass is 35.5. The molecule has 3 N–H and O–H groups in total. The average molecular weight is 477 g/mol. The van der Waals surface area contributed by atoms with Crippen molar-refractivity contribution < 1.29 is 28.2 Å². The number of halogens is 3. The van der Waals surface area contributed by atoms with Crippen LogP contribution < -0.4 is 15.2 Å². The van der Waals surface area contributed by atoms with Crippen LogP contribution in [-0.4, -0.2) is 22.2 Å². The molecule has 0 unspecified atom stereocenters. The van der Waals surface area contributed by atoms with Crippen molar-refractivity contribution in [2.75, 3.05) is 0 Å². The Hall–Kier alpha value is -3.23. The van der Waals surface area contributed by atoms with E-state index in [1.165, 1.54) is 6.07 Å². The van der Waals surface area contributed by atoms with Gasteiger partial charge in [0.25, 0.3) is 11.8 Å². The minimum Gasteiger partial charge on any atom is -0.479 e. The smallest absolute Gasteiger partial charge is 0.344 e. The number of ether oxygens (including phenoxy) is 2. The summed E-state index contributed by atoms with van der Waals surface area (Å²) in [6.45, 7) is 2.24. The fraction of sp³-hybridized carbons (Fsp3) is 0.250. The first-order valence-electron chi connectivity index (χ1n) is 10.3. The van der Waals surface area contributed by atoms with Gasteiger partial charge in [0.05, 0.1) is 0 Å². The van der Waals surface area contributed by atoms with Crippen LogP contribution in [0.5, 0.6) is 17.5 Å². The summed E-state index contributed by atoms with van der Waals surface area (Å²) >= 11 is 6.22. The average Bonchev–Trinajstić information content (AvgIpc) is 2.78. The molecule has 6 nitrogen and oxygen atoms in total. The maximum absolute atomic E-state index is 14.4. The topological polar surface area (TPSA) is 94.7 Å². The molecule has 1 heterocycles. The van der Waals surface area contributed by atoms with Gasteiger partial charge in [-0.2, -0.15) is 4.98 Å². The number of nitrogens with zero attached hydrogens (tertiary/aromatic N) is 1. The maximum Gasteiger partial charge on any atom is 0.344 e. The van der Waals surface area contributed by atoms with Gasteiger partial charge < -0.3 is 20.3 Å². The van der Waals surface area contributed by atoms with E-state index in [1.54, 1.807) is 12.1 Å². The molecular formula is C24H23ClF2N2O4. The van der Waals surface area contributed by atoms with Crippen LogP contribution in [0, 0.1) is 11.6 Å². The predicted molar refractivity (Wildman–Crippen MR) is 121 cm³/mol. The molecule has 1 aromatic heterocycles. The molecule has 0 aliphatic heterocycles. The summed E-state index contributed by atoms with van der Waals surface area (Å²) in [5, 5.41) is 9.64. The Kier molecular flexibility index (Phi) is 8.19. The highest BCUT2D eigenvalue weighted by Crippen LogP contribution is 2.33. The molecule has 0 aliphatic carbocycles. The summed E-state index contributed by atoms with van der Waals surface area (Å²) in [5.41, 5.74) is 8.13. The Morgan fingerprint density at radius 2 is 1.88 bits per heavy atom. The number of carboxylic acid groups (broad SMARTS) is 1. The van der Waals surface area contributed by atoms with E-state index in [1.807, 2.05) is 31.2 Å². The summed E-state index contributed by atoms with van der Waals surface area (Å²) in [6, 6.07) is 12.8. The summed E-state index contributed by atoms with van der Waals surface area (Å²) < 4.78 is 39.4. The van der Waals surface area contributed by atoms with Gasteiger partial charge in [0.15, 0.2) is 17.7 Å². The standard InChI is InChI=1S/C24H23ClF2N2O4/c1-2-3-7-21(24(30)31)33-23-20(27)12-19(26)22(29-23)32-18-10-16(9-17(25)11-18)15-6-4-5-14(8-15)13-28/h4-6,8-12,21H,2-3,7,13,28H2,1H3,(H,30,31)/t21-/m1/s1. The zero-order valence-electron chi connectivity index (χ0n) is 17.9. The molecule has 0 spiro atoms. The lowest BCUT2D eigenvalue weighted by Gasteiger charge is -2.16. The normalized spacial score (nSPS) is 11.8. The van der Waals surface area contributed by atoms with Gasteiger partial charge in [0.2, 0.25) is 0 Å². The van der Waals surface area contributed by atoms with Gasteiger partial charge in [0.1, 0.15) is 5.75 Å². The van der Waals surface area contributed by atoms with Crippen LogP contribution in [0.25, 0.3) is 11.1 Å². The second kappa shape index (κ2) is 11.1. The Morgan fingerprint density at radius 1 is 1.12 bits per heavy atom. The lowest BCUT2D eigenvalue weighted by molar-refractivity contribution is -0.145. The van der Waals surface area contributed by atoms with E-state index in [4.69, 9.17) is 26.8 Å². The highest BCUT2D eigenvalue weighted by molar-refractivity contribution is 6.31. The zero-order chi connectivity index (χ0) is 24.0. The number of benzene rings is 2. The van der Waals surface area contributed by atoms with Crippen LogP contribution in [0.3, 0.4) is 0 Å². The second-order valence-electron chi connectivity index (χ2n) is 7.33. The van der Waals surface area contributed by atoms with Crippen molar-refractivity contribution in [1.29, 1.82) is 0 Å². The van der Waals surface area contributed by atoms with Gasteiger partial charge >= 0.3 is 5.97 Å². The quantitative estimate of drug-likeness (QED) is 0.375. The Morgan fingerprint density at radius 3 is 2.58 bits per heavy atom. The lowest BCUT2D eigenvalue weighted by atomic mass is 10.0. The summed E-state index contributed by atoms with van der Waals surface area (Å²) in [4.78, 5) is 15.2. The van der Waals surface area contributed by atoms with E-state index in [9.17, 15) is 18.7 Å². The van der Waals surface area contributed by atoms with E-state index in [0.29, 0.717) is 29.6 Å². The molecule has 0 saturated carbocycles. The van der Waals surface area contributed by atoms with Crippen LogP contribution in [0.15, 0.2) is 48.5 Å². The summed E-state index contributed by atoms with van der Waals surface area (Å²) in [7, 11) is 0. The number of carbonyl (C=O) groups is 1. The molecule has 9 heteroatoms. The summed E-state index contributed by atoms with van der Waals surface area (Å²) in [6.07, 6.45) is 0.115. The van der Waals surface area contributed by atoms with E-state index in [-0.39, 0.29) is 12.2 Å². The number of aromatic nitrogens is 1. The zero-order valence-corrected chi connectivity index (χ0v) is 18.6. The largest absolute Gasteiger partial charge is 0.479 e. The SMILES string of the molecule is CCCC[C@@H](Oc1nc(Oc2cc(Cl)cc(-c3cccc(CN)c3)c2)c(F)cc1F)C(=O)O. The van der Waals surface area contributed by atoms with Crippen molar-refractivity contribution in [2.24, 2.45) is 5.73 Å². The number of aliphatic carboxylic acids is 1. The molecule has 0 saturated heterocycles. The Labute approximate surface area is 194 Å². The van der Waals surface area contributed by atoms with E-state index < -0.39 is 35.5 Å². The molecule has 1 atom stereocenters. The number of hydrogen-bond acceptors (Lipinski definition) is 5. The number of hydrogen-bond donors (Lipinski definition) is 2. The number of nitrogens with two attached hydrogens (primary N) is 1. The minimum atomic E-state index is -1.32. The first kappa shape index (κ1) is 24.4. The number of carboxylic acids is 1. The molecule has 33 heavy (non-hydrogen) atoms. The van der Waals surface area contributed by atoms with E-state index in [0.717, 1.165) is 17.5 Å². The third-order valence-corrected chi connectivity index (χ3v) is 5.01. The van der Waals surface area contributed by atoms with Gasteiger partial charge in [-0.3, -0.25) is 0 Å². The molecule has 174 valence electrons. The third-order valence-electron chi connectivity index (χ3n) is 4.80. The second-order valence-corrected chi connectivity index (χ2v) is 7.77. The van der Waals surface area contributed by atoms with Crippen molar-refractivity contribution in [3.05, 3.63) is 70.8 Å². The van der Waals surface area contributed by atoms with E-state index >= 15 is 0 Å². The van der Waals surface area contributed by atoms with E-state index in [2.05, 4.69) is 4.98 Å². The fourth-order valence-corrected chi connectivity index (χ4v) is 3.35.